The van der Waals surface area contributed by atoms with E-state index in [9.17, 15) is 18.0 Å². The first kappa shape index (κ1) is 23.2. The molecule has 2 aromatic carbocycles. The lowest BCUT2D eigenvalue weighted by molar-refractivity contribution is -0.123. The van der Waals surface area contributed by atoms with E-state index in [1.807, 2.05) is 19.1 Å². The number of esters is 1. The smallest absolute Gasteiger partial charge is 0.338 e. The van der Waals surface area contributed by atoms with Crippen molar-refractivity contribution in [2.45, 2.75) is 44.1 Å². The van der Waals surface area contributed by atoms with Crippen molar-refractivity contribution in [3.8, 4) is 0 Å². The van der Waals surface area contributed by atoms with Crippen LogP contribution < -0.4 is 5.32 Å². The average molecular weight is 465 g/mol. The summed E-state index contributed by atoms with van der Waals surface area (Å²) in [5.74, 6) is -1.30. The summed E-state index contributed by atoms with van der Waals surface area (Å²) >= 11 is 6.11. The molecule has 0 spiro atoms. The maximum atomic E-state index is 12.8. The Bertz CT molecular complexity index is 1060. The molecule has 166 valence electrons. The standard InChI is InChI=1S/C22H25ClN2O5S/c1-3-16-6-9-18(10-7-16)24-21(26)15(2)30-22(27)17-8-11-19(23)20(14-17)31(28,29)25-12-4-5-13-25/h6-11,14-15H,3-5,12-13H2,1-2H3,(H,24,26)/t15-/m0/s1. The van der Waals surface area contributed by atoms with Crippen LogP contribution >= 0.6 is 11.6 Å². The highest BCUT2D eigenvalue weighted by molar-refractivity contribution is 7.89. The van der Waals surface area contributed by atoms with Crippen molar-refractivity contribution in [2.24, 2.45) is 0 Å². The van der Waals surface area contributed by atoms with Crippen LogP contribution in [0.15, 0.2) is 47.4 Å². The SMILES string of the molecule is CCc1ccc(NC(=O)[C@H](C)OC(=O)c2ccc(Cl)c(S(=O)(=O)N3CCCC3)c2)cc1. The molecule has 1 fully saturated rings. The Kier molecular flexibility index (Phi) is 7.35. The average Bonchev–Trinajstić information content (AvgIpc) is 3.30. The van der Waals surface area contributed by atoms with Crippen molar-refractivity contribution in [2.75, 3.05) is 18.4 Å². The molecule has 1 N–H and O–H groups in total. The van der Waals surface area contributed by atoms with Gasteiger partial charge in [-0.05, 0) is 62.1 Å². The van der Waals surface area contributed by atoms with Gasteiger partial charge in [0, 0.05) is 18.8 Å². The van der Waals surface area contributed by atoms with Crippen molar-refractivity contribution in [1.29, 1.82) is 0 Å². The van der Waals surface area contributed by atoms with Crippen LogP contribution in [-0.2, 0) is 26.0 Å². The van der Waals surface area contributed by atoms with E-state index in [1.165, 1.54) is 29.4 Å². The third-order valence-electron chi connectivity index (χ3n) is 5.13. The molecule has 1 heterocycles. The predicted octanol–water partition coefficient (Wildman–Crippen LogP) is 3.87. The molecular formula is C22H25ClN2O5S. The van der Waals surface area contributed by atoms with Gasteiger partial charge in [0.2, 0.25) is 10.0 Å². The van der Waals surface area contributed by atoms with Gasteiger partial charge >= 0.3 is 5.97 Å². The molecular weight excluding hydrogens is 440 g/mol. The lowest BCUT2D eigenvalue weighted by Crippen LogP contribution is -2.30. The number of halogens is 1. The topological polar surface area (TPSA) is 92.8 Å². The minimum Gasteiger partial charge on any atom is -0.449 e. The Morgan fingerprint density at radius 3 is 2.39 bits per heavy atom. The normalized spacial score (nSPS) is 15.5. The summed E-state index contributed by atoms with van der Waals surface area (Å²) < 4.78 is 32.3. The molecule has 1 aliphatic rings. The predicted molar refractivity (Wildman–Crippen MR) is 119 cm³/mol. The number of benzene rings is 2. The fraction of sp³-hybridized carbons (Fsp3) is 0.364. The van der Waals surface area contributed by atoms with Gasteiger partial charge in [-0.15, -0.1) is 0 Å². The highest BCUT2D eigenvalue weighted by atomic mass is 35.5. The molecule has 3 rings (SSSR count). The van der Waals surface area contributed by atoms with E-state index in [0.717, 1.165) is 24.8 Å². The number of anilines is 1. The second-order valence-electron chi connectivity index (χ2n) is 7.34. The number of carbonyl (C=O) groups excluding carboxylic acids is 2. The van der Waals surface area contributed by atoms with Gasteiger partial charge in [0.05, 0.1) is 10.6 Å². The summed E-state index contributed by atoms with van der Waals surface area (Å²) in [5.41, 5.74) is 1.74. The van der Waals surface area contributed by atoms with Crippen LogP contribution in [0.1, 0.15) is 42.6 Å². The lowest BCUT2D eigenvalue weighted by Gasteiger charge is -2.17. The van der Waals surface area contributed by atoms with Gasteiger partial charge < -0.3 is 10.1 Å². The Hall–Kier alpha value is -2.42. The Balaban J connectivity index is 1.70. The number of carbonyl (C=O) groups is 2. The van der Waals surface area contributed by atoms with Crippen molar-refractivity contribution >= 4 is 39.2 Å². The molecule has 1 amide bonds. The summed E-state index contributed by atoms with van der Waals surface area (Å²) in [6, 6.07) is 11.3. The lowest BCUT2D eigenvalue weighted by atomic mass is 10.1. The van der Waals surface area contributed by atoms with E-state index in [0.29, 0.717) is 18.8 Å². The fourth-order valence-corrected chi connectivity index (χ4v) is 5.26. The summed E-state index contributed by atoms with van der Waals surface area (Å²) in [6.45, 7) is 4.33. The monoisotopic (exact) mass is 464 g/mol. The summed E-state index contributed by atoms with van der Waals surface area (Å²) in [4.78, 5) is 24.8. The van der Waals surface area contributed by atoms with Crippen LogP contribution in [-0.4, -0.2) is 43.8 Å². The summed E-state index contributed by atoms with van der Waals surface area (Å²) in [7, 11) is -3.80. The number of ether oxygens (including phenoxy) is 1. The van der Waals surface area contributed by atoms with Crippen molar-refractivity contribution in [3.63, 3.8) is 0 Å². The second kappa shape index (κ2) is 9.80. The highest BCUT2D eigenvalue weighted by Gasteiger charge is 2.30. The number of sulfonamides is 1. The molecule has 0 radical (unpaired) electrons. The molecule has 9 heteroatoms. The van der Waals surface area contributed by atoms with Crippen LogP contribution in [0, 0.1) is 0 Å². The fourth-order valence-electron chi connectivity index (χ4n) is 3.25. The molecule has 0 saturated carbocycles. The molecule has 31 heavy (non-hydrogen) atoms. The van der Waals surface area contributed by atoms with Crippen molar-refractivity contribution in [1.82, 2.24) is 4.31 Å². The molecule has 1 saturated heterocycles. The molecule has 0 aromatic heterocycles. The van der Waals surface area contributed by atoms with E-state index in [1.54, 1.807) is 12.1 Å². The van der Waals surface area contributed by atoms with E-state index in [-0.39, 0.29) is 15.5 Å². The summed E-state index contributed by atoms with van der Waals surface area (Å²) in [6.07, 6.45) is 1.38. The zero-order chi connectivity index (χ0) is 22.6. The van der Waals surface area contributed by atoms with Crippen molar-refractivity contribution in [3.05, 3.63) is 58.6 Å². The number of hydrogen-bond acceptors (Lipinski definition) is 5. The van der Waals surface area contributed by atoms with E-state index in [4.69, 9.17) is 16.3 Å². The minimum atomic E-state index is -3.80. The largest absolute Gasteiger partial charge is 0.449 e. The minimum absolute atomic E-state index is 0.00845. The number of amides is 1. The van der Waals surface area contributed by atoms with Crippen LogP contribution in [0.2, 0.25) is 5.02 Å². The Morgan fingerprint density at radius 1 is 1.13 bits per heavy atom. The molecule has 2 aromatic rings. The Morgan fingerprint density at radius 2 is 1.77 bits per heavy atom. The van der Waals surface area contributed by atoms with Gasteiger partial charge in [-0.25, -0.2) is 13.2 Å². The molecule has 7 nitrogen and oxygen atoms in total. The molecule has 0 aliphatic carbocycles. The van der Waals surface area contributed by atoms with Gasteiger partial charge in [0.1, 0.15) is 4.90 Å². The zero-order valence-corrected chi connectivity index (χ0v) is 19.0. The number of nitrogens with one attached hydrogen (secondary N) is 1. The molecule has 0 bridgehead atoms. The molecule has 1 atom stereocenters. The zero-order valence-electron chi connectivity index (χ0n) is 17.4. The first-order chi connectivity index (χ1) is 14.7. The van der Waals surface area contributed by atoms with Gasteiger partial charge in [0.15, 0.2) is 6.10 Å². The van der Waals surface area contributed by atoms with Gasteiger partial charge in [-0.3, -0.25) is 4.79 Å². The summed E-state index contributed by atoms with van der Waals surface area (Å²) in [5, 5.41) is 2.72. The number of hydrogen-bond donors (Lipinski definition) is 1. The third kappa shape index (κ3) is 5.44. The van der Waals surface area contributed by atoms with Crippen LogP contribution in [0.25, 0.3) is 0 Å². The number of nitrogens with zero attached hydrogens (tertiary/aromatic N) is 1. The van der Waals surface area contributed by atoms with Crippen LogP contribution in [0.3, 0.4) is 0 Å². The van der Waals surface area contributed by atoms with Gasteiger partial charge in [0.25, 0.3) is 5.91 Å². The van der Waals surface area contributed by atoms with E-state index in [2.05, 4.69) is 5.32 Å². The first-order valence-corrected chi connectivity index (χ1v) is 11.9. The second-order valence-corrected chi connectivity index (χ2v) is 9.66. The Labute approximate surface area is 187 Å². The maximum Gasteiger partial charge on any atom is 0.338 e. The number of aryl methyl sites for hydroxylation is 1. The quantitative estimate of drug-likeness (QED) is 0.628. The molecule has 1 aliphatic heterocycles. The van der Waals surface area contributed by atoms with Gasteiger partial charge in [-0.2, -0.15) is 4.31 Å². The maximum absolute atomic E-state index is 12.8. The third-order valence-corrected chi connectivity index (χ3v) is 7.51. The van der Waals surface area contributed by atoms with Gasteiger partial charge in [-0.1, -0.05) is 30.7 Å². The highest BCUT2D eigenvalue weighted by Crippen LogP contribution is 2.28. The van der Waals surface area contributed by atoms with Crippen LogP contribution in [0.5, 0.6) is 0 Å². The molecule has 0 unspecified atom stereocenters. The van der Waals surface area contributed by atoms with E-state index < -0.39 is 28.0 Å². The van der Waals surface area contributed by atoms with Crippen molar-refractivity contribution < 1.29 is 22.7 Å². The van der Waals surface area contributed by atoms with Crippen LogP contribution in [0.4, 0.5) is 5.69 Å². The van der Waals surface area contributed by atoms with E-state index >= 15 is 0 Å². The first-order valence-electron chi connectivity index (χ1n) is 10.1. The number of rotatable bonds is 7.